The number of hydrogen-bond donors (Lipinski definition) is 1. The van der Waals surface area contributed by atoms with Crippen LogP contribution in [-0.4, -0.2) is 52.1 Å². The summed E-state index contributed by atoms with van der Waals surface area (Å²) >= 11 is 2.86. The predicted octanol–water partition coefficient (Wildman–Crippen LogP) is 5.60. The third kappa shape index (κ3) is 6.20. The summed E-state index contributed by atoms with van der Waals surface area (Å²) in [5, 5.41) is 12.2. The van der Waals surface area contributed by atoms with E-state index in [1.807, 2.05) is 35.9 Å². The number of carbonyl (C=O) groups is 3. The molecule has 1 aliphatic rings. The number of rotatable bonds is 9. The molecule has 11 heteroatoms. The molecule has 0 spiro atoms. The number of nitrogens with zero attached hydrogens (tertiary/aromatic N) is 3. The van der Waals surface area contributed by atoms with E-state index < -0.39 is 24.5 Å². The number of anilines is 1. The Balaban J connectivity index is 1.26. The summed E-state index contributed by atoms with van der Waals surface area (Å²) < 4.78 is 12.5. The van der Waals surface area contributed by atoms with Crippen LogP contribution in [0.25, 0.3) is 5.69 Å². The highest BCUT2D eigenvalue weighted by molar-refractivity contribution is 7.98. The highest BCUT2D eigenvalue weighted by atomic mass is 32.2. The Kier molecular flexibility index (Phi) is 8.84. The lowest BCUT2D eigenvalue weighted by Gasteiger charge is -2.23. The molecule has 212 valence electrons. The summed E-state index contributed by atoms with van der Waals surface area (Å²) in [5.74, 6) is -0.532. The minimum absolute atomic E-state index is 0.232. The highest BCUT2D eigenvalue weighted by Crippen LogP contribution is 2.42. The SMILES string of the molecule is CCOC(=O)c1c(NC(=O)COC(=O)c2ccc(-n3c(C)nnc3SC)cc2)sc2c1CCC(c1ccccc1)C2. The van der Waals surface area contributed by atoms with Gasteiger partial charge in [-0.05, 0) is 80.7 Å². The second-order valence-electron chi connectivity index (χ2n) is 9.52. The number of ether oxygens (including phenoxy) is 2. The lowest BCUT2D eigenvalue weighted by atomic mass is 9.83. The van der Waals surface area contributed by atoms with Gasteiger partial charge in [-0.1, -0.05) is 42.1 Å². The topological polar surface area (TPSA) is 112 Å². The van der Waals surface area contributed by atoms with Gasteiger partial charge in [-0.3, -0.25) is 9.36 Å². The molecule has 41 heavy (non-hydrogen) atoms. The van der Waals surface area contributed by atoms with Gasteiger partial charge in [-0.25, -0.2) is 9.59 Å². The van der Waals surface area contributed by atoms with Crippen LogP contribution in [0.5, 0.6) is 0 Å². The first-order chi connectivity index (χ1) is 19.9. The van der Waals surface area contributed by atoms with Gasteiger partial charge >= 0.3 is 11.9 Å². The van der Waals surface area contributed by atoms with Crippen LogP contribution in [0, 0.1) is 6.92 Å². The number of amides is 1. The summed E-state index contributed by atoms with van der Waals surface area (Å²) in [4.78, 5) is 39.5. The number of aromatic nitrogens is 3. The fraction of sp³-hybridized carbons (Fsp3) is 0.300. The molecular formula is C30H30N4O5S2. The van der Waals surface area contributed by atoms with E-state index in [1.165, 1.54) is 28.7 Å². The molecule has 1 atom stereocenters. The number of nitrogens with one attached hydrogen (secondary N) is 1. The number of benzene rings is 2. The molecule has 0 saturated heterocycles. The number of fused-ring (bicyclic) bond motifs is 1. The van der Waals surface area contributed by atoms with Crippen molar-refractivity contribution in [3.05, 3.63) is 87.6 Å². The van der Waals surface area contributed by atoms with Crippen LogP contribution in [0.3, 0.4) is 0 Å². The molecular weight excluding hydrogens is 560 g/mol. The maximum absolute atomic E-state index is 12.9. The summed E-state index contributed by atoms with van der Waals surface area (Å²) in [6.45, 7) is 3.35. The van der Waals surface area contributed by atoms with Gasteiger partial charge in [0.1, 0.15) is 10.8 Å². The third-order valence-corrected chi connectivity index (χ3v) is 8.74. The monoisotopic (exact) mass is 590 g/mol. The highest BCUT2D eigenvalue weighted by Gasteiger charge is 2.31. The molecule has 1 aliphatic carbocycles. The Labute approximate surface area is 246 Å². The molecule has 0 bridgehead atoms. The third-order valence-electron chi connectivity index (χ3n) is 6.94. The average Bonchev–Trinajstić information content (AvgIpc) is 3.55. The molecule has 1 amide bonds. The van der Waals surface area contributed by atoms with Gasteiger partial charge in [0.2, 0.25) is 0 Å². The summed E-state index contributed by atoms with van der Waals surface area (Å²) in [7, 11) is 0. The maximum atomic E-state index is 12.9. The van der Waals surface area contributed by atoms with E-state index in [0.717, 1.165) is 40.0 Å². The van der Waals surface area contributed by atoms with Crippen LogP contribution in [0.15, 0.2) is 59.8 Å². The van der Waals surface area contributed by atoms with Crippen molar-refractivity contribution in [2.24, 2.45) is 0 Å². The van der Waals surface area contributed by atoms with Crippen molar-refractivity contribution < 1.29 is 23.9 Å². The van der Waals surface area contributed by atoms with Crippen LogP contribution in [0.4, 0.5) is 5.00 Å². The first-order valence-corrected chi connectivity index (χ1v) is 15.3. The van der Waals surface area contributed by atoms with E-state index in [0.29, 0.717) is 28.5 Å². The predicted molar refractivity (Wildman–Crippen MR) is 158 cm³/mol. The number of thiophene rings is 1. The molecule has 5 rings (SSSR count). The Morgan fingerprint density at radius 3 is 2.51 bits per heavy atom. The molecule has 4 aromatic rings. The van der Waals surface area contributed by atoms with Crippen molar-refractivity contribution in [3.63, 3.8) is 0 Å². The molecule has 1 N–H and O–H groups in total. The van der Waals surface area contributed by atoms with Crippen LogP contribution in [0.2, 0.25) is 0 Å². The minimum atomic E-state index is -0.626. The Morgan fingerprint density at radius 1 is 1.05 bits per heavy atom. The molecule has 0 aliphatic heterocycles. The van der Waals surface area contributed by atoms with Gasteiger partial charge in [-0.15, -0.1) is 21.5 Å². The first-order valence-electron chi connectivity index (χ1n) is 13.3. The van der Waals surface area contributed by atoms with Crippen molar-refractivity contribution in [3.8, 4) is 5.69 Å². The van der Waals surface area contributed by atoms with E-state index in [1.54, 1.807) is 31.2 Å². The number of esters is 2. The minimum Gasteiger partial charge on any atom is -0.462 e. The number of hydrogen-bond acceptors (Lipinski definition) is 9. The summed E-state index contributed by atoms with van der Waals surface area (Å²) in [5.41, 5.74) is 3.72. The molecule has 9 nitrogen and oxygen atoms in total. The Morgan fingerprint density at radius 2 is 1.80 bits per heavy atom. The fourth-order valence-electron chi connectivity index (χ4n) is 5.00. The van der Waals surface area contributed by atoms with Crippen molar-refractivity contribution in [2.75, 3.05) is 24.8 Å². The molecule has 0 fully saturated rings. The van der Waals surface area contributed by atoms with Gasteiger partial charge in [0, 0.05) is 10.6 Å². The van der Waals surface area contributed by atoms with Crippen LogP contribution >= 0.6 is 23.1 Å². The Hall–Kier alpha value is -3.96. The standard InChI is InChI=1S/C30H30N4O5S2/c1-4-38-29(37)26-23-15-12-21(19-8-6-5-7-9-19)16-24(23)41-27(26)31-25(35)17-39-28(36)20-10-13-22(14-11-20)34-18(2)32-33-30(34)40-3/h5-11,13-14,21H,4,12,15-17H2,1-3H3,(H,31,35). The summed E-state index contributed by atoms with van der Waals surface area (Å²) in [6.07, 6.45) is 4.32. The second-order valence-corrected chi connectivity index (χ2v) is 11.4. The molecule has 0 saturated carbocycles. The van der Waals surface area contributed by atoms with Gasteiger partial charge in [-0.2, -0.15) is 0 Å². The van der Waals surface area contributed by atoms with Crippen LogP contribution in [0.1, 0.15) is 61.8 Å². The first kappa shape index (κ1) is 28.6. The number of carbonyl (C=O) groups excluding carboxylic acids is 3. The number of aryl methyl sites for hydroxylation is 1. The molecule has 2 aromatic carbocycles. The van der Waals surface area contributed by atoms with E-state index in [4.69, 9.17) is 9.47 Å². The zero-order valence-corrected chi connectivity index (χ0v) is 24.6. The lowest BCUT2D eigenvalue weighted by Crippen LogP contribution is -2.22. The van der Waals surface area contributed by atoms with E-state index in [9.17, 15) is 14.4 Å². The number of thioether (sulfide) groups is 1. The van der Waals surface area contributed by atoms with Crippen LogP contribution < -0.4 is 5.32 Å². The second kappa shape index (κ2) is 12.7. The van der Waals surface area contributed by atoms with E-state index >= 15 is 0 Å². The molecule has 2 aromatic heterocycles. The quantitative estimate of drug-likeness (QED) is 0.198. The molecule has 1 unspecified atom stereocenters. The van der Waals surface area contributed by atoms with Crippen molar-refractivity contribution >= 4 is 45.9 Å². The van der Waals surface area contributed by atoms with E-state index in [2.05, 4.69) is 27.6 Å². The van der Waals surface area contributed by atoms with Gasteiger partial charge in [0.15, 0.2) is 11.8 Å². The van der Waals surface area contributed by atoms with Gasteiger partial charge in [0.05, 0.1) is 17.7 Å². The van der Waals surface area contributed by atoms with Crippen LogP contribution in [-0.2, 0) is 27.1 Å². The van der Waals surface area contributed by atoms with Gasteiger partial charge < -0.3 is 14.8 Å². The van der Waals surface area contributed by atoms with Gasteiger partial charge in [0.25, 0.3) is 5.91 Å². The largest absolute Gasteiger partial charge is 0.462 e. The maximum Gasteiger partial charge on any atom is 0.341 e. The van der Waals surface area contributed by atoms with Crippen molar-refractivity contribution in [1.29, 1.82) is 0 Å². The fourth-order valence-corrected chi connectivity index (χ4v) is 6.87. The Bertz CT molecular complexity index is 1560. The molecule has 0 radical (unpaired) electrons. The van der Waals surface area contributed by atoms with E-state index in [-0.39, 0.29) is 6.61 Å². The molecule has 2 heterocycles. The normalized spacial score (nSPS) is 14.3. The zero-order valence-electron chi connectivity index (χ0n) is 23.0. The van der Waals surface area contributed by atoms with Crippen molar-refractivity contribution in [1.82, 2.24) is 14.8 Å². The lowest BCUT2D eigenvalue weighted by molar-refractivity contribution is -0.119. The smallest absolute Gasteiger partial charge is 0.341 e. The van der Waals surface area contributed by atoms with Crippen molar-refractivity contribution in [2.45, 2.75) is 44.2 Å². The summed E-state index contributed by atoms with van der Waals surface area (Å²) in [6, 6.07) is 17.1. The average molecular weight is 591 g/mol. The zero-order chi connectivity index (χ0) is 28.9.